The van der Waals surface area contributed by atoms with Crippen LogP contribution < -0.4 is 10.2 Å². The quantitative estimate of drug-likeness (QED) is 0.0325. The van der Waals surface area contributed by atoms with E-state index < -0.39 is 20.0 Å². The number of quaternary nitrogens is 1. The van der Waals surface area contributed by atoms with Gasteiger partial charge < -0.3 is 28.8 Å². The van der Waals surface area contributed by atoms with Crippen LogP contribution in [0.1, 0.15) is 149 Å². The van der Waals surface area contributed by atoms with Crippen LogP contribution in [0.3, 0.4) is 0 Å². The molecule has 0 aromatic rings. The van der Waals surface area contributed by atoms with Crippen molar-refractivity contribution in [2.24, 2.45) is 0 Å². The Morgan fingerprint density at radius 1 is 0.756 bits per heavy atom. The van der Waals surface area contributed by atoms with Crippen LogP contribution in [0.15, 0.2) is 24.3 Å². The predicted molar refractivity (Wildman–Crippen MR) is 187 cm³/mol. The van der Waals surface area contributed by atoms with Gasteiger partial charge in [-0.15, -0.1) is 0 Å². The molecule has 0 aliphatic carbocycles. The summed E-state index contributed by atoms with van der Waals surface area (Å²) < 4.78 is 23.1. The maximum absolute atomic E-state index is 12.7. The van der Waals surface area contributed by atoms with Crippen LogP contribution in [-0.4, -0.2) is 68.5 Å². The van der Waals surface area contributed by atoms with E-state index >= 15 is 0 Å². The number of carbonyl (C=O) groups excluding carboxylic acids is 1. The molecular weight excluding hydrogens is 587 g/mol. The van der Waals surface area contributed by atoms with Gasteiger partial charge in [0.15, 0.2) is 0 Å². The van der Waals surface area contributed by atoms with E-state index in [1.165, 1.54) is 64.2 Å². The number of allylic oxidation sites excluding steroid dienone is 4. The van der Waals surface area contributed by atoms with Gasteiger partial charge in [0.25, 0.3) is 7.82 Å². The average molecular weight is 659 g/mol. The number of aliphatic hydroxyl groups excluding tert-OH is 1. The van der Waals surface area contributed by atoms with Gasteiger partial charge in [-0.2, -0.15) is 0 Å². The summed E-state index contributed by atoms with van der Waals surface area (Å²) in [6.07, 6.45) is 30.4. The van der Waals surface area contributed by atoms with E-state index in [1.807, 2.05) is 21.1 Å². The summed E-state index contributed by atoms with van der Waals surface area (Å²) in [5, 5.41) is 13.7. The van der Waals surface area contributed by atoms with E-state index in [2.05, 4.69) is 43.5 Å². The molecule has 8 nitrogen and oxygen atoms in total. The van der Waals surface area contributed by atoms with Crippen molar-refractivity contribution in [3.05, 3.63) is 24.3 Å². The largest absolute Gasteiger partial charge is 0.756 e. The SMILES string of the molecule is CCCCCC/C=C/CCCCCCCC(=O)N[C@@H](COP(=O)([O-])OCC[N+](C)(C)C)[C@H](O)CCCC/C=C/CCCCCC. The molecule has 266 valence electrons. The van der Waals surface area contributed by atoms with Crippen LogP contribution in [0.2, 0.25) is 0 Å². The Balaban J connectivity index is 4.55. The zero-order chi connectivity index (χ0) is 33.7. The Kier molecular flexibility index (Phi) is 28.5. The second kappa shape index (κ2) is 29.1. The van der Waals surface area contributed by atoms with Gasteiger partial charge in [0.2, 0.25) is 5.91 Å². The molecule has 0 radical (unpaired) electrons. The van der Waals surface area contributed by atoms with Crippen molar-refractivity contribution in [3.63, 3.8) is 0 Å². The number of carbonyl (C=O) groups is 1. The smallest absolute Gasteiger partial charge is 0.268 e. The number of unbranched alkanes of at least 4 members (excludes halogenated alkanes) is 15. The number of hydrogen-bond donors (Lipinski definition) is 2. The van der Waals surface area contributed by atoms with Crippen molar-refractivity contribution < 1.29 is 32.9 Å². The van der Waals surface area contributed by atoms with Gasteiger partial charge in [0.1, 0.15) is 13.2 Å². The fraction of sp³-hybridized carbons (Fsp3) is 0.861. The van der Waals surface area contributed by atoms with Crippen molar-refractivity contribution in [3.8, 4) is 0 Å². The molecule has 0 heterocycles. The minimum atomic E-state index is -4.56. The number of aliphatic hydroxyl groups is 1. The predicted octanol–water partition coefficient (Wildman–Crippen LogP) is 8.38. The molecule has 2 N–H and O–H groups in total. The molecule has 0 spiro atoms. The summed E-state index contributed by atoms with van der Waals surface area (Å²) in [7, 11) is 1.28. The highest BCUT2D eigenvalue weighted by Crippen LogP contribution is 2.38. The molecular formula is C36H71N2O6P. The highest BCUT2D eigenvalue weighted by Gasteiger charge is 2.24. The van der Waals surface area contributed by atoms with Gasteiger partial charge >= 0.3 is 0 Å². The number of amides is 1. The molecule has 0 saturated carbocycles. The molecule has 0 aliphatic rings. The zero-order valence-electron chi connectivity index (χ0n) is 29.8. The molecule has 45 heavy (non-hydrogen) atoms. The molecule has 0 rings (SSSR count). The van der Waals surface area contributed by atoms with Crippen LogP contribution >= 0.6 is 7.82 Å². The standard InChI is InChI=1S/C36H71N2O6P/c1-6-8-10-12-14-16-18-19-20-22-24-26-28-30-36(40)37-34(33-44-45(41,42)43-32-31-38(3,4)5)35(39)29-27-25-23-21-17-15-13-11-9-7-2/h16-18,21,34-35,39H,6-15,19-20,22-33H2,1-5H3,(H-,37,40,41,42)/b18-16+,21-17+/t34-,35+/m0/s1. The second-order valence-corrected chi connectivity index (χ2v) is 15.0. The molecule has 0 aromatic heterocycles. The lowest BCUT2D eigenvalue weighted by Gasteiger charge is -2.30. The van der Waals surface area contributed by atoms with Crippen LogP contribution in [0.25, 0.3) is 0 Å². The fourth-order valence-electron chi connectivity index (χ4n) is 4.91. The molecule has 3 atom stereocenters. The third-order valence-electron chi connectivity index (χ3n) is 7.91. The summed E-state index contributed by atoms with van der Waals surface area (Å²) >= 11 is 0. The molecule has 1 unspecified atom stereocenters. The zero-order valence-corrected chi connectivity index (χ0v) is 30.7. The van der Waals surface area contributed by atoms with Crippen LogP contribution in [0.4, 0.5) is 0 Å². The highest BCUT2D eigenvalue weighted by atomic mass is 31.2. The molecule has 0 saturated heterocycles. The maximum Gasteiger partial charge on any atom is 0.268 e. The Bertz CT molecular complexity index is 799. The van der Waals surface area contributed by atoms with Gasteiger partial charge in [-0.3, -0.25) is 9.36 Å². The minimum Gasteiger partial charge on any atom is -0.756 e. The number of phosphoric ester groups is 1. The second-order valence-electron chi connectivity index (χ2n) is 13.6. The number of rotatable bonds is 32. The number of hydrogen-bond acceptors (Lipinski definition) is 6. The van der Waals surface area contributed by atoms with E-state index in [0.717, 1.165) is 57.8 Å². The Morgan fingerprint density at radius 3 is 1.73 bits per heavy atom. The number of nitrogens with zero attached hydrogens (tertiary/aromatic N) is 1. The lowest BCUT2D eigenvalue weighted by molar-refractivity contribution is -0.870. The van der Waals surface area contributed by atoms with Gasteiger partial charge in [-0.05, 0) is 64.2 Å². The summed E-state index contributed by atoms with van der Waals surface area (Å²) in [6, 6.07) is -0.815. The molecule has 0 aromatic carbocycles. The van der Waals surface area contributed by atoms with Crippen molar-refractivity contribution in [2.75, 3.05) is 40.9 Å². The number of likely N-dealkylation sites (N-methyl/N-ethyl adjacent to an activating group) is 1. The first-order valence-corrected chi connectivity index (χ1v) is 19.6. The van der Waals surface area contributed by atoms with Crippen LogP contribution in [0, 0.1) is 0 Å². The van der Waals surface area contributed by atoms with E-state index in [4.69, 9.17) is 9.05 Å². The summed E-state index contributed by atoms with van der Waals surface area (Å²) in [4.78, 5) is 25.1. The van der Waals surface area contributed by atoms with E-state index in [9.17, 15) is 19.4 Å². The molecule has 9 heteroatoms. The van der Waals surface area contributed by atoms with Gasteiger partial charge in [0, 0.05) is 6.42 Å². The third kappa shape index (κ3) is 31.4. The fourth-order valence-corrected chi connectivity index (χ4v) is 5.63. The number of phosphoric acid groups is 1. The van der Waals surface area contributed by atoms with Crippen molar-refractivity contribution in [2.45, 2.75) is 161 Å². The van der Waals surface area contributed by atoms with Crippen molar-refractivity contribution in [1.29, 1.82) is 0 Å². The minimum absolute atomic E-state index is 0.00527. The van der Waals surface area contributed by atoms with Crippen molar-refractivity contribution >= 4 is 13.7 Å². The molecule has 0 aliphatic heterocycles. The van der Waals surface area contributed by atoms with E-state index in [-0.39, 0.29) is 19.1 Å². The Hall–Kier alpha value is -1.02. The monoisotopic (exact) mass is 659 g/mol. The molecule has 0 bridgehead atoms. The van der Waals surface area contributed by atoms with Gasteiger partial charge in [-0.25, -0.2) is 0 Å². The van der Waals surface area contributed by atoms with E-state index in [1.54, 1.807) is 0 Å². The average Bonchev–Trinajstić information content (AvgIpc) is 2.97. The highest BCUT2D eigenvalue weighted by molar-refractivity contribution is 7.45. The summed E-state index contributed by atoms with van der Waals surface area (Å²) in [5.74, 6) is -0.189. The summed E-state index contributed by atoms with van der Waals surface area (Å²) in [5.41, 5.74) is 0. The lowest BCUT2D eigenvalue weighted by atomic mass is 10.0. The first-order chi connectivity index (χ1) is 21.5. The Morgan fingerprint density at radius 2 is 1.22 bits per heavy atom. The lowest BCUT2D eigenvalue weighted by Crippen LogP contribution is -2.46. The van der Waals surface area contributed by atoms with Crippen LogP contribution in [-0.2, 0) is 18.4 Å². The maximum atomic E-state index is 12.7. The topological polar surface area (TPSA) is 108 Å². The van der Waals surface area contributed by atoms with Gasteiger partial charge in [-0.1, -0.05) is 102 Å². The number of nitrogens with one attached hydrogen (secondary N) is 1. The third-order valence-corrected chi connectivity index (χ3v) is 8.88. The van der Waals surface area contributed by atoms with Crippen LogP contribution in [0.5, 0.6) is 0 Å². The molecule has 1 amide bonds. The first kappa shape index (κ1) is 44.0. The van der Waals surface area contributed by atoms with E-state index in [0.29, 0.717) is 23.9 Å². The van der Waals surface area contributed by atoms with Gasteiger partial charge in [0.05, 0.1) is 39.9 Å². The normalized spacial score (nSPS) is 15.1. The Labute approximate surface area is 277 Å². The van der Waals surface area contributed by atoms with Crippen molar-refractivity contribution in [1.82, 2.24) is 5.32 Å². The first-order valence-electron chi connectivity index (χ1n) is 18.2. The summed E-state index contributed by atoms with van der Waals surface area (Å²) in [6.45, 7) is 4.61. The molecule has 0 fully saturated rings.